The van der Waals surface area contributed by atoms with Crippen LogP contribution in [0.25, 0.3) is 0 Å². The van der Waals surface area contributed by atoms with Crippen LogP contribution < -0.4 is 15.5 Å². The Hall–Kier alpha value is -0.950. The summed E-state index contributed by atoms with van der Waals surface area (Å²) in [6, 6.07) is 0. The first-order chi connectivity index (χ1) is 5.72. The van der Waals surface area contributed by atoms with Gasteiger partial charge in [0, 0.05) is 7.05 Å². The molecule has 0 radical (unpaired) electrons. The van der Waals surface area contributed by atoms with Crippen LogP contribution in [0.3, 0.4) is 0 Å². The van der Waals surface area contributed by atoms with Crippen molar-refractivity contribution in [1.29, 1.82) is 0 Å². The molecule has 0 fully saturated rings. The Labute approximate surface area is 74.6 Å². The average molecular weight is 210 g/mol. The van der Waals surface area contributed by atoms with E-state index in [4.69, 9.17) is 15.7 Å². The second-order valence-corrected chi connectivity index (χ2v) is 3.38. The maximum absolute atomic E-state index is 10.2. The molecule has 4 N–H and O–H groups in total. The smallest absolute Gasteiger partial charge is 0.323 e. The molecule has 76 valence electrons. The van der Waals surface area contributed by atoms with E-state index in [1.165, 1.54) is 7.05 Å². The number of hydrogen-bond donors (Lipinski definition) is 3. The van der Waals surface area contributed by atoms with Gasteiger partial charge in [0.25, 0.3) is 0 Å². The minimum Gasteiger partial charge on any atom is -0.639 e. The van der Waals surface area contributed by atoms with Crippen molar-refractivity contribution >= 4 is 20.0 Å². The van der Waals surface area contributed by atoms with Crippen LogP contribution in [-0.2, 0) is 4.79 Å². The van der Waals surface area contributed by atoms with Gasteiger partial charge in [-0.05, 0) is 0 Å². The summed E-state index contributed by atoms with van der Waals surface area (Å²) in [6.07, 6.45) is 0. The van der Waals surface area contributed by atoms with E-state index in [0.717, 1.165) is 4.90 Å². The molecule has 0 rings (SSSR count). The van der Waals surface area contributed by atoms with E-state index in [2.05, 4.69) is 4.76 Å². The van der Waals surface area contributed by atoms with E-state index in [1.54, 1.807) is 0 Å². The molecule has 0 spiro atoms. The lowest BCUT2D eigenvalue weighted by Gasteiger charge is -2.23. The van der Waals surface area contributed by atoms with Crippen molar-refractivity contribution in [3.63, 3.8) is 0 Å². The summed E-state index contributed by atoms with van der Waals surface area (Å²) in [7, 11) is -3.62. The zero-order valence-electron chi connectivity index (χ0n) is 6.75. The number of carbonyl (C=O) groups is 1. The molecule has 0 amide bonds. The number of likely N-dealkylation sites (N-methyl/N-ethyl adjacent to an activating group) is 1. The van der Waals surface area contributed by atoms with Gasteiger partial charge in [0.1, 0.15) is 6.54 Å². The summed E-state index contributed by atoms with van der Waals surface area (Å²) in [5.41, 5.74) is 5.03. The molecule has 0 aliphatic rings. The molecule has 8 nitrogen and oxygen atoms in total. The second kappa shape index (κ2) is 4.33. The van der Waals surface area contributed by atoms with Crippen molar-refractivity contribution in [2.45, 2.75) is 0 Å². The van der Waals surface area contributed by atoms with Gasteiger partial charge < -0.3 is 25.5 Å². The van der Waals surface area contributed by atoms with Gasteiger partial charge in [0.15, 0.2) is 8.09 Å². The molecule has 0 aromatic heterocycles. The molecule has 0 aromatic carbocycles. The van der Waals surface area contributed by atoms with Gasteiger partial charge in [-0.2, -0.15) is 0 Å². The Morgan fingerprint density at radius 2 is 2.15 bits per heavy atom. The van der Waals surface area contributed by atoms with E-state index < -0.39 is 26.6 Å². The van der Waals surface area contributed by atoms with Crippen LogP contribution in [0.1, 0.15) is 0 Å². The first-order valence-corrected chi connectivity index (χ1v) is 4.58. The predicted octanol–water partition coefficient (Wildman–Crippen LogP) is -3.29. The van der Waals surface area contributed by atoms with Crippen LogP contribution in [-0.4, -0.2) is 40.4 Å². The number of nitrogens with zero attached hydrogens (tertiary/aromatic N) is 2. The van der Waals surface area contributed by atoms with E-state index in [-0.39, 0.29) is 0 Å². The van der Waals surface area contributed by atoms with Gasteiger partial charge in [-0.1, -0.05) is 4.76 Å². The third-order valence-corrected chi connectivity index (χ3v) is 1.45. The quantitative estimate of drug-likeness (QED) is 0.251. The number of nitrogens with two attached hydrogens (primary N) is 1. The van der Waals surface area contributed by atoms with Gasteiger partial charge in [-0.15, -0.1) is 0 Å². The number of hydrogen-bond acceptors (Lipinski definition) is 5. The van der Waals surface area contributed by atoms with Crippen molar-refractivity contribution in [2.75, 3.05) is 13.6 Å². The number of rotatable bonds is 3. The third kappa shape index (κ3) is 6.23. The van der Waals surface area contributed by atoms with Crippen LogP contribution in [0.5, 0.6) is 0 Å². The molecule has 0 saturated carbocycles. The highest BCUT2D eigenvalue weighted by Gasteiger charge is 2.12. The summed E-state index contributed by atoms with van der Waals surface area (Å²) in [4.78, 5) is 39.6. The predicted molar refractivity (Wildman–Crippen MR) is 41.0 cm³/mol. The van der Waals surface area contributed by atoms with E-state index in [0.29, 0.717) is 0 Å². The summed E-state index contributed by atoms with van der Waals surface area (Å²) < 4.78 is 2.67. The molecule has 0 unspecified atom stereocenters. The van der Waals surface area contributed by atoms with Crippen molar-refractivity contribution in [2.24, 2.45) is 10.5 Å². The zero-order valence-corrected chi connectivity index (χ0v) is 7.64. The lowest BCUT2D eigenvalue weighted by molar-refractivity contribution is -0.331. The summed E-state index contributed by atoms with van der Waals surface area (Å²) in [5, 5.41) is 8.27. The maximum atomic E-state index is 10.2. The molecule has 13 heavy (non-hydrogen) atoms. The molecule has 0 saturated heterocycles. The van der Waals surface area contributed by atoms with Gasteiger partial charge in [-0.3, -0.25) is 4.79 Å². The topological polar surface area (TPSA) is 145 Å². The molecule has 0 heterocycles. The van der Waals surface area contributed by atoms with Gasteiger partial charge >= 0.3 is 5.97 Å². The summed E-state index contributed by atoms with van der Waals surface area (Å²) in [5.74, 6) is -1.78. The van der Waals surface area contributed by atoms with Crippen molar-refractivity contribution < 1.29 is 24.6 Å². The molecule has 0 aliphatic heterocycles. The Morgan fingerprint density at radius 1 is 1.69 bits per heavy atom. The fraction of sp³-hybridized carbons (Fsp3) is 0.500. The van der Waals surface area contributed by atoms with E-state index in [1.807, 2.05) is 0 Å². The van der Waals surface area contributed by atoms with Crippen LogP contribution in [0, 0.1) is 0 Å². The average Bonchev–Trinajstić information content (AvgIpc) is 1.81. The molecule has 0 atom stereocenters. The Kier molecular flexibility index (Phi) is 4.02. The number of aliphatic carboxylic acids is 1. The lowest BCUT2D eigenvalue weighted by atomic mass is 10.6. The Balaban J connectivity index is 4.33. The lowest BCUT2D eigenvalue weighted by Crippen LogP contribution is -2.38. The van der Waals surface area contributed by atoms with Crippen LogP contribution in [0.15, 0.2) is 4.76 Å². The summed E-state index contributed by atoms with van der Waals surface area (Å²) in [6.45, 7) is -0.505. The van der Waals surface area contributed by atoms with Crippen molar-refractivity contribution in [1.82, 2.24) is 4.90 Å². The largest absolute Gasteiger partial charge is 0.639 e. The monoisotopic (exact) mass is 210 g/mol. The van der Waals surface area contributed by atoms with Crippen molar-refractivity contribution in [3.05, 3.63) is 0 Å². The molecule has 0 bridgehead atoms. The van der Waals surface area contributed by atoms with Crippen LogP contribution >= 0.6 is 8.09 Å². The maximum Gasteiger partial charge on any atom is 0.323 e. The summed E-state index contributed by atoms with van der Waals surface area (Å²) >= 11 is 0. The zero-order chi connectivity index (χ0) is 10.6. The van der Waals surface area contributed by atoms with Crippen LogP contribution in [0.2, 0.25) is 0 Å². The normalized spacial score (nSPS) is 12.8. The number of carboxylic acid groups (broad SMARTS) is 1. The number of guanidine groups is 1. The molecule has 0 aliphatic carbocycles. The Morgan fingerprint density at radius 3 is 2.46 bits per heavy atom. The molecular weight excluding hydrogens is 201 g/mol. The number of carboxylic acids is 1. The highest BCUT2D eigenvalue weighted by Crippen LogP contribution is 2.34. The van der Waals surface area contributed by atoms with Crippen LogP contribution in [0.4, 0.5) is 0 Å². The highest BCUT2D eigenvalue weighted by molar-refractivity contribution is 7.54. The standard InChI is InChI=1S/C4H10N3O5P/c1-7(2-3(8)9)4(5)6-13(10,11)12/h2H2,1H3,(H,8,9)(H4,5,6,10,11,12)/p-1. The second-order valence-electron chi connectivity index (χ2n) is 2.20. The fourth-order valence-electron chi connectivity index (χ4n) is 0.490. The molecule has 0 aromatic rings. The SMILES string of the molecule is CN(CC(=O)O)C(N)=N[P+]([O-])([O-])O. The minimum atomic E-state index is -4.84. The van der Waals surface area contributed by atoms with Gasteiger partial charge in [-0.25, -0.2) is 4.89 Å². The molecule has 9 heteroatoms. The highest BCUT2D eigenvalue weighted by atomic mass is 31.2. The minimum absolute atomic E-state index is 0.505. The first kappa shape index (κ1) is 12.0. The van der Waals surface area contributed by atoms with E-state index >= 15 is 0 Å². The Bertz CT molecular complexity index is 224. The molecular formula is C4H9N3O5P-. The van der Waals surface area contributed by atoms with Gasteiger partial charge in [0.05, 0.1) is 0 Å². The van der Waals surface area contributed by atoms with E-state index in [9.17, 15) is 14.6 Å². The van der Waals surface area contributed by atoms with Crippen molar-refractivity contribution in [3.8, 4) is 0 Å². The third-order valence-electron chi connectivity index (χ3n) is 0.992. The first-order valence-electron chi connectivity index (χ1n) is 3.05. The van der Waals surface area contributed by atoms with Gasteiger partial charge in [0.2, 0.25) is 5.96 Å². The fourth-order valence-corrected chi connectivity index (χ4v) is 0.901.